The van der Waals surface area contributed by atoms with Crippen molar-refractivity contribution in [1.29, 1.82) is 0 Å². The number of rotatable bonds is 9. The number of nitrogens with one attached hydrogen (secondary N) is 1. The van der Waals surface area contributed by atoms with Crippen LogP contribution in [0.25, 0.3) is 22.6 Å². The van der Waals surface area contributed by atoms with E-state index in [-0.39, 0.29) is 17.2 Å². The molecule has 0 aliphatic rings. The zero-order chi connectivity index (χ0) is 23.4. The van der Waals surface area contributed by atoms with Crippen molar-refractivity contribution in [2.75, 3.05) is 18.2 Å². The number of para-hydroxylation sites is 1. The second-order valence-corrected chi connectivity index (χ2v) is 7.86. The maximum atomic E-state index is 12.4. The molecule has 0 atom stereocenters. The first-order valence-electron chi connectivity index (χ1n) is 9.87. The molecule has 2 heterocycles. The van der Waals surface area contributed by atoms with E-state index in [0.717, 1.165) is 5.39 Å². The second kappa shape index (κ2) is 9.61. The predicted octanol–water partition coefficient (Wildman–Crippen LogP) is 4.31. The summed E-state index contributed by atoms with van der Waals surface area (Å²) in [6.07, 6.45) is 1.71. The van der Waals surface area contributed by atoms with Crippen LogP contribution in [0.3, 0.4) is 0 Å². The van der Waals surface area contributed by atoms with E-state index in [2.05, 4.69) is 22.1 Å². The molecule has 4 rings (SSSR count). The van der Waals surface area contributed by atoms with E-state index in [4.69, 9.17) is 14.3 Å². The van der Waals surface area contributed by atoms with Crippen LogP contribution in [0.1, 0.15) is 10.4 Å². The van der Waals surface area contributed by atoms with Crippen molar-refractivity contribution < 1.29 is 23.8 Å². The third-order valence-corrected chi connectivity index (χ3v) is 5.67. The number of anilines is 1. The highest BCUT2D eigenvalue weighted by Crippen LogP contribution is 2.33. The molecule has 2 N–H and O–H groups in total. The van der Waals surface area contributed by atoms with Gasteiger partial charge in [-0.15, -0.1) is 16.8 Å². The van der Waals surface area contributed by atoms with Gasteiger partial charge in [-0.3, -0.25) is 9.36 Å². The number of carbonyl (C=O) groups excluding carboxylic acids is 1. The maximum absolute atomic E-state index is 12.4. The van der Waals surface area contributed by atoms with E-state index in [1.807, 2.05) is 24.3 Å². The lowest BCUT2D eigenvalue weighted by atomic mass is 10.2. The SMILES string of the molecule is C=CCn1c(SCC(=O)Nc2cccc(C(=O)O)c2)nnc1-c1cc2cccc(OC)c2o1. The van der Waals surface area contributed by atoms with Crippen LogP contribution >= 0.6 is 11.8 Å². The fourth-order valence-corrected chi connectivity index (χ4v) is 3.98. The number of allylic oxidation sites excluding steroid dienone is 1. The third-order valence-electron chi connectivity index (χ3n) is 4.70. The Bertz CT molecular complexity index is 1340. The molecule has 0 saturated heterocycles. The smallest absolute Gasteiger partial charge is 0.335 e. The molecule has 0 aliphatic carbocycles. The second-order valence-electron chi connectivity index (χ2n) is 6.92. The van der Waals surface area contributed by atoms with E-state index in [1.54, 1.807) is 29.9 Å². The normalized spacial score (nSPS) is 10.8. The Morgan fingerprint density at radius 2 is 2.06 bits per heavy atom. The Kier molecular flexibility index (Phi) is 6.45. The quantitative estimate of drug-likeness (QED) is 0.278. The van der Waals surface area contributed by atoms with Crippen molar-refractivity contribution in [3.63, 3.8) is 0 Å². The first-order valence-corrected chi connectivity index (χ1v) is 10.9. The summed E-state index contributed by atoms with van der Waals surface area (Å²) >= 11 is 1.20. The molecule has 1 amide bonds. The van der Waals surface area contributed by atoms with Crippen molar-refractivity contribution in [3.05, 3.63) is 66.7 Å². The number of thioether (sulfide) groups is 1. The van der Waals surface area contributed by atoms with E-state index in [1.165, 1.54) is 23.9 Å². The molecular formula is C23H20N4O5S. The van der Waals surface area contributed by atoms with E-state index in [0.29, 0.717) is 40.3 Å². The van der Waals surface area contributed by atoms with E-state index >= 15 is 0 Å². The summed E-state index contributed by atoms with van der Waals surface area (Å²) in [5.41, 5.74) is 1.11. The molecule has 0 unspecified atom stereocenters. The van der Waals surface area contributed by atoms with Crippen molar-refractivity contribution in [3.8, 4) is 17.3 Å². The number of nitrogens with zero attached hydrogens (tertiary/aromatic N) is 3. The van der Waals surface area contributed by atoms with Crippen LogP contribution in [0, 0.1) is 0 Å². The van der Waals surface area contributed by atoms with Crippen molar-refractivity contribution >= 4 is 40.3 Å². The topological polar surface area (TPSA) is 119 Å². The Labute approximate surface area is 193 Å². The number of aromatic nitrogens is 3. The molecule has 168 valence electrons. The number of ether oxygens (including phenoxy) is 1. The number of carbonyl (C=O) groups is 2. The van der Waals surface area contributed by atoms with Gasteiger partial charge in [-0.1, -0.05) is 36.0 Å². The molecule has 9 nitrogen and oxygen atoms in total. The van der Waals surface area contributed by atoms with E-state index < -0.39 is 5.97 Å². The summed E-state index contributed by atoms with van der Waals surface area (Å²) in [5, 5.41) is 21.7. The van der Waals surface area contributed by atoms with Crippen LogP contribution in [-0.4, -0.2) is 44.6 Å². The average molecular weight is 465 g/mol. The molecule has 0 aliphatic heterocycles. The first-order chi connectivity index (χ1) is 16.0. The highest BCUT2D eigenvalue weighted by molar-refractivity contribution is 7.99. The van der Waals surface area contributed by atoms with Crippen LogP contribution in [0.5, 0.6) is 5.75 Å². The fraction of sp³-hybridized carbons (Fsp3) is 0.130. The molecule has 0 bridgehead atoms. The Morgan fingerprint density at radius 3 is 2.82 bits per heavy atom. The zero-order valence-corrected chi connectivity index (χ0v) is 18.5. The van der Waals surface area contributed by atoms with Gasteiger partial charge in [-0.05, 0) is 30.3 Å². The molecule has 2 aromatic carbocycles. The number of methoxy groups -OCH3 is 1. The Morgan fingerprint density at radius 1 is 1.24 bits per heavy atom. The average Bonchev–Trinajstić information content (AvgIpc) is 3.41. The number of hydrogen-bond donors (Lipinski definition) is 2. The summed E-state index contributed by atoms with van der Waals surface area (Å²) in [6.45, 7) is 4.21. The van der Waals surface area contributed by atoms with Gasteiger partial charge in [0.2, 0.25) is 11.7 Å². The molecule has 4 aromatic rings. The van der Waals surface area contributed by atoms with Gasteiger partial charge in [0.1, 0.15) is 0 Å². The summed E-state index contributed by atoms with van der Waals surface area (Å²) in [4.78, 5) is 23.5. The van der Waals surface area contributed by atoms with Crippen LogP contribution in [0.4, 0.5) is 5.69 Å². The lowest BCUT2D eigenvalue weighted by Crippen LogP contribution is -2.15. The van der Waals surface area contributed by atoms with Gasteiger partial charge >= 0.3 is 5.97 Å². The van der Waals surface area contributed by atoms with Gasteiger partial charge in [-0.2, -0.15) is 0 Å². The first kappa shape index (κ1) is 22.2. The number of benzene rings is 2. The number of hydrogen-bond acceptors (Lipinski definition) is 7. The number of furan rings is 1. The van der Waals surface area contributed by atoms with Crippen LogP contribution in [0.2, 0.25) is 0 Å². The van der Waals surface area contributed by atoms with Crippen molar-refractivity contribution in [1.82, 2.24) is 14.8 Å². The van der Waals surface area contributed by atoms with Gasteiger partial charge in [0.05, 0.1) is 18.4 Å². The van der Waals surface area contributed by atoms with Crippen LogP contribution in [-0.2, 0) is 11.3 Å². The number of aromatic carboxylic acids is 1. The monoisotopic (exact) mass is 464 g/mol. The number of carboxylic acids is 1. The van der Waals surface area contributed by atoms with Crippen LogP contribution < -0.4 is 10.1 Å². The summed E-state index contributed by atoms with van der Waals surface area (Å²) in [5.74, 6) is 0.336. The molecular weight excluding hydrogens is 444 g/mol. The summed E-state index contributed by atoms with van der Waals surface area (Å²) < 4.78 is 13.2. The molecule has 0 spiro atoms. The van der Waals surface area contributed by atoms with Crippen LogP contribution in [0.15, 0.2) is 70.8 Å². The maximum Gasteiger partial charge on any atom is 0.335 e. The minimum absolute atomic E-state index is 0.0561. The number of fused-ring (bicyclic) bond motifs is 1. The number of carboxylic acid groups (broad SMARTS) is 1. The highest BCUT2D eigenvalue weighted by atomic mass is 32.2. The molecule has 0 fully saturated rings. The third kappa shape index (κ3) is 4.75. The molecule has 2 aromatic heterocycles. The molecule has 0 saturated carbocycles. The van der Waals surface area contributed by atoms with Gasteiger partial charge in [0, 0.05) is 17.6 Å². The Hall–Kier alpha value is -4.05. The minimum Gasteiger partial charge on any atom is -0.493 e. The minimum atomic E-state index is -1.06. The van der Waals surface area contributed by atoms with Gasteiger partial charge in [0.15, 0.2) is 22.2 Å². The standard InChI is InChI=1S/C23H20N4O5S/c1-3-10-27-21(18-12-14-6-5-9-17(31-2)20(14)32-18)25-26-23(27)33-13-19(28)24-16-8-4-7-15(11-16)22(29)30/h3-9,11-12H,1,10,13H2,2H3,(H,24,28)(H,29,30). The summed E-state index contributed by atoms with van der Waals surface area (Å²) in [6, 6.07) is 13.5. The van der Waals surface area contributed by atoms with E-state index in [9.17, 15) is 9.59 Å². The zero-order valence-electron chi connectivity index (χ0n) is 17.6. The highest BCUT2D eigenvalue weighted by Gasteiger charge is 2.19. The molecule has 33 heavy (non-hydrogen) atoms. The van der Waals surface area contributed by atoms with Gasteiger partial charge in [-0.25, -0.2) is 4.79 Å². The van der Waals surface area contributed by atoms with Crippen molar-refractivity contribution in [2.45, 2.75) is 11.7 Å². The molecule has 10 heteroatoms. The number of amides is 1. The van der Waals surface area contributed by atoms with Crippen molar-refractivity contribution in [2.24, 2.45) is 0 Å². The lowest BCUT2D eigenvalue weighted by molar-refractivity contribution is -0.113. The van der Waals surface area contributed by atoms with Gasteiger partial charge < -0.3 is 19.6 Å². The predicted molar refractivity (Wildman–Crippen MR) is 125 cm³/mol. The lowest BCUT2D eigenvalue weighted by Gasteiger charge is -2.07. The Balaban J connectivity index is 1.52. The fourth-order valence-electron chi connectivity index (χ4n) is 3.24. The molecule has 0 radical (unpaired) electrons. The summed E-state index contributed by atoms with van der Waals surface area (Å²) in [7, 11) is 1.58. The largest absolute Gasteiger partial charge is 0.493 e. The van der Waals surface area contributed by atoms with Gasteiger partial charge in [0.25, 0.3) is 0 Å².